The van der Waals surface area contributed by atoms with Crippen LogP contribution in [-0.4, -0.2) is 5.78 Å². The van der Waals surface area contributed by atoms with Gasteiger partial charge in [-0.3, -0.25) is 4.79 Å². The van der Waals surface area contributed by atoms with Crippen LogP contribution < -0.4 is 4.74 Å². The fourth-order valence-electron chi connectivity index (χ4n) is 2.77. The van der Waals surface area contributed by atoms with Gasteiger partial charge in [-0.15, -0.1) is 11.3 Å². The van der Waals surface area contributed by atoms with E-state index in [2.05, 4.69) is 0 Å². The van der Waals surface area contributed by atoms with Crippen molar-refractivity contribution >= 4 is 23.2 Å². The number of rotatable bonds is 2. The van der Waals surface area contributed by atoms with Crippen molar-refractivity contribution in [1.29, 1.82) is 0 Å². The molecule has 1 aliphatic rings. The van der Waals surface area contributed by atoms with Crippen molar-refractivity contribution in [2.45, 2.75) is 6.10 Å². The maximum absolute atomic E-state index is 13.0. The van der Waals surface area contributed by atoms with Crippen molar-refractivity contribution in [3.63, 3.8) is 0 Å². The Hall–Kier alpha value is -2.65. The molecule has 0 N–H and O–H groups in total. The van der Waals surface area contributed by atoms with Crippen LogP contribution in [-0.2, 0) is 0 Å². The number of hydrogen-bond acceptors (Lipinski definition) is 3. The van der Waals surface area contributed by atoms with E-state index >= 15 is 0 Å². The van der Waals surface area contributed by atoms with E-state index in [0.29, 0.717) is 16.9 Å². The van der Waals surface area contributed by atoms with Crippen LogP contribution in [0.2, 0.25) is 0 Å². The van der Waals surface area contributed by atoms with Crippen molar-refractivity contribution in [2.75, 3.05) is 0 Å². The summed E-state index contributed by atoms with van der Waals surface area (Å²) in [6, 6.07) is 21.3. The summed E-state index contributed by atoms with van der Waals surface area (Å²) in [4.78, 5) is 14.0. The zero-order valence-electron chi connectivity index (χ0n) is 12.3. The molecule has 1 atom stereocenters. The van der Waals surface area contributed by atoms with Crippen molar-refractivity contribution in [2.24, 2.45) is 0 Å². The number of fused-ring (bicyclic) bond motifs is 1. The predicted octanol–water partition coefficient (Wildman–Crippen LogP) is 5.15. The first-order valence-electron chi connectivity index (χ1n) is 7.43. The lowest BCUT2D eigenvalue weighted by atomic mass is 9.90. The zero-order chi connectivity index (χ0) is 15.6. The number of carbonyl (C=O) groups is 1. The van der Waals surface area contributed by atoms with E-state index in [1.54, 1.807) is 11.3 Å². The number of benzene rings is 2. The zero-order valence-corrected chi connectivity index (χ0v) is 13.1. The van der Waals surface area contributed by atoms with Crippen LogP contribution in [0.1, 0.15) is 26.9 Å². The molecule has 1 aliphatic heterocycles. The van der Waals surface area contributed by atoms with Gasteiger partial charge in [0.15, 0.2) is 11.9 Å². The molecule has 4 rings (SSSR count). The number of ketones is 1. The van der Waals surface area contributed by atoms with Crippen LogP contribution in [0, 0.1) is 0 Å². The monoisotopic (exact) mass is 318 g/mol. The van der Waals surface area contributed by atoms with E-state index in [0.717, 1.165) is 10.4 Å². The first kappa shape index (κ1) is 14.0. The van der Waals surface area contributed by atoms with Gasteiger partial charge >= 0.3 is 0 Å². The van der Waals surface area contributed by atoms with Crippen LogP contribution in [0.4, 0.5) is 0 Å². The number of para-hydroxylation sites is 1. The molecule has 112 valence electrons. The molecule has 0 saturated heterocycles. The molecule has 1 aromatic heterocycles. The van der Waals surface area contributed by atoms with Gasteiger partial charge in [0, 0.05) is 10.5 Å². The molecule has 0 radical (unpaired) electrons. The molecular weight excluding hydrogens is 304 g/mol. The lowest BCUT2D eigenvalue weighted by Crippen LogP contribution is -2.23. The molecule has 2 heterocycles. The van der Waals surface area contributed by atoms with Crippen LogP contribution >= 0.6 is 11.3 Å². The highest BCUT2D eigenvalue weighted by Gasteiger charge is 2.32. The summed E-state index contributed by atoms with van der Waals surface area (Å²) in [7, 11) is 0. The molecular formula is C20H14O2S. The molecule has 23 heavy (non-hydrogen) atoms. The first-order chi connectivity index (χ1) is 11.3. The lowest BCUT2D eigenvalue weighted by molar-refractivity contribution is 0.0963. The number of carbonyl (C=O) groups excluding carboxylic acids is 1. The largest absolute Gasteiger partial charge is 0.480 e. The Morgan fingerprint density at radius 1 is 0.913 bits per heavy atom. The summed E-state index contributed by atoms with van der Waals surface area (Å²) in [5.41, 5.74) is 2.29. The molecule has 0 fully saturated rings. The molecule has 0 spiro atoms. The number of Topliss-reactive ketones (excluding diaryl/α,β-unsaturated/α-hetero) is 1. The molecule has 0 aliphatic carbocycles. The maximum Gasteiger partial charge on any atom is 0.196 e. The van der Waals surface area contributed by atoms with Gasteiger partial charge in [-0.25, -0.2) is 0 Å². The minimum atomic E-state index is -0.374. The van der Waals surface area contributed by atoms with Gasteiger partial charge in [0.2, 0.25) is 0 Å². The third-order valence-corrected chi connectivity index (χ3v) is 4.68. The van der Waals surface area contributed by atoms with Crippen molar-refractivity contribution < 1.29 is 9.53 Å². The third kappa shape index (κ3) is 2.60. The summed E-state index contributed by atoms with van der Waals surface area (Å²) in [6.45, 7) is 0. The molecule has 3 aromatic rings. The van der Waals surface area contributed by atoms with Gasteiger partial charge in [-0.2, -0.15) is 0 Å². The second kappa shape index (κ2) is 5.86. The smallest absolute Gasteiger partial charge is 0.196 e. The molecule has 0 amide bonds. The van der Waals surface area contributed by atoms with Crippen molar-refractivity contribution in [1.82, 2.24) is 0 Å². The normalized spacial score (nSPS) is 18.5. The maximum atomic E-state index is 13.0. The van der Waals surface area contributed by atoms with E-state index in [4.69, 9.17) is 4.74 Å². The standard InChI is InChI=1S/C20H14O2S/c21-19-16-10-4-5-11-18(16)22-20(14-7-2-1-3-8-14)17(19)13-15-9-6-12-23-15/h1-13,20H/t20-/m1/s1. The average Bonchev–Trinajstić information content (AvgIpc) is 3.11. The van der Waals surface area contributed by atoms with E-state index in [9.17, 15) is 4.79 Å². The molecule has 0 bridgehead atoms. The van der Waals surface area contributed by atoms with Gasteiger partial charge in [0.25, 0.3) is 0 Å². The molecule has 0 unspecified atom stereocenters. The van der Waals surface area contributed by atoms with Gasteiger partial charge in [-0.05, 0) is 35.2 Å². The van der Waals surface area contributed by atoms with Crippen LogP contribution in [0.5, 0.6) is 5.75 Å². The minimum absolute atomic E-state index is 0.0362. The number of hydrogen-bond donors (Lipinski definition) is 0. The molecule has 2 nitrogen and oxygen atoms in total. The van der Waals surface area contributed by atoms with Crippen LogP contribution in [0.15, 0.2) is 77.7 Å². The van der Waals surface area contributed by atoms with E-state index < -0.39 is 0 Å². The third-order valence-electron chi connectivity index (χ3n) is 3.86. The van der Waals surface area contributed by atoms with Crippen LogP contribution in [0.3, 0.4) is 0 Å². The fourth-order valence-corrected chi connectivity index (χ4v) is 3.43. The Kier molecular flexibility index (Phi) is 3.56. The highest BCUT2D eigenvalue weighted by molar-refractivity contribution is 7.10. The van der Waals surface area contributed by atoms with Crippen LogP contribution in [0.25, 0.3) is 6.08 Å². The Bertz CT molecular complexity index is 864. The quantitative estimate of drug-likeness (QED) is 0.611. The highest BCUT2D eigenvalue weighted by Crippen LogP contribution is 2.39. The topological polar surface area (TPSA) is 26.3 Å². The Morgan fingerprint density at radius 3 is 2.48 bits per heavy atom. The second-order valence-corrected chi connectivity index (χ2v) is 6.33. The summed E-state index contributed by atoms with van der Waals surface area (Å²) < 4.78 is 6.17. The summed E-state index contributed by atoms with van der Waals surface area (Å²) >= 11 is 1.61. The molecule has 0 saturated carbocycles. The van der Waals surface area contributed by atoms with Gasteiger partial charge in [-0.1, -0.05) is 48.5 Å². The van der Waals surface area contributed by atoms with E-state index in [-0.39, 0.29) is 11.9 Å². The van der Waals surface area contributed by atoms with Gasteiger partial charge < -0.3 is 4.74 Å². The minimum Gasteiger partial charge on any atom is -0.480 e. The SMILES string of the molecule is O=C1C(=Cc2cccs2)[C@@H](c2ccccc2)Oc2ccccc21. The number of thiophene rings is 1. The van der Waals surface area contributed by atoms with Gasteiger partial charge in [0.05, 0.1) is 5.56 Å². The average molecular weight is 318 g/mol. The van der Waals surface area contributed by atoms with Crippen molar-refractivity contribution in [3.05, 3.63) is 93.7 Å². The van der Waals surface area contributed by atoms with E-state index in [1.165, 1.54) is 0 Å². The van der Waals surface area contributed by atoms with Gasteiger partial charge in [0.1, 0.15) is 5.75 Å². The Morgan fingerprint density at radius 2 is 1.70 bits per heavy atom. The molecule has 3 heteroatoms. The second-order valence-electron chi connectivity index (χ2n) is 5.35. The first-order valence-corrected chi connectivity index (χ1v) is 8.31. The predicted molar refractivity (Wildman–Crippen MR) is 92.9 cm³/mol. The van der Waals surface area contributed by atoms with E-state index in [1.807, 2.05) is 78.2 Å². The van der Waals surface area contributed by atoms with Crippen molar-refractivity contribution in [3.8, 4) is 5.75 Å². The Balaban J connectivity index is 1.87. The lowest BCUT2D eigenvalue weighted by Gasteiger charge is -2.28. The fraction of sp³-hybridized carbons (Fsp3) is 0.0500. The summed E-state index contributed by atoms with van der Waals surface area (Å²) in [5.74, 6) is 0.684. The summed E-state index contributed by atoms with van der Waals surface area (Å²) in [6.07, 6.45) is 1.57. The Labute approximate surface area is 138 Å². The number of ether oxygens (including phenoxy) is 1. The molecule has 2 aromatic carbocycles. The summed E-state index contributed by atoms with van der Waals surface area (Å²) in [5, 5.41) is 2.01. The highest BCUT2D eigenvalue weighted by atomic mass is 32.1.